The summed E-state index contributed by atoms with van der Waals surface area (Å²) in [6.07, 6.45) is 1.00. The highest BCUT2D eigenvalue weighted by Gasteiger charge is 2.27. The van der Waals surface area contributed by atoms with Crippen molar-refractivity contribution >= 4 is 23.2 Å². The first-order valence-corrected chi connectivity index (χ1v) is 12.7. The number of carbonyl (C=O) groups is 1. The Morgan fingerprint density at radius 1 is 0.914 bits per heavy atom. The molecular weight excluding hydrogens is 454 g/mol. The molecule has 1 heterocycles. The van der Waals surface area contributed by atoms with Crippen LogP contribution < -0.4 is 10.1 Å². The first kappa shape index (κ1) is 24.9. The fourth-order valence-electron chi connectivity index (χ4n) is 4.34. The SMILES string of the molecule is CCC(C)Oc1cccc(C(=O)NC(=S)N2CCN(C(c3ccccc3)c3ccccc3)CC2)c1. The van der Waals surface area contributed by atoms with Gasteiger partial charge in [-0.2, -0.15) is 0 Å². The highest BCUT2D eigenvalue weighted by atomic mass is 32.1. The third kappa shape index (κ3) is 6.47. The van der Waals surface area contributed by atoms with Crippen LogP contribution >= 0.6 is 12.2 Å². The molecule has 0 aromatic heterocycles. The molecule has 1 aliphatic rings. The van der Waals surface area contributed by atoms with E-state index >= 15 is 0 Å². The van der Waals surface area contributed by atoms with Crippen LogP contribution in [0.2, 0.25) is 0 Å². The number of piperazine rings is 1. The van der Waals surface area contributed by atoms with Gasteiger partial charge in [0.2, 0.25) is 0 Å². The lowest BCUT2D eigenvalue weighted by atomic mass is 9.96. The number of thiocarbonyl (C=S) groups is 1. The smallest absolute Gasteiger partial charge is 0.257 e. The predicted molar refractivity (Wildman–Crippen MR) is 145 cm³/mol. The molecule has 0 spiro atoms. The van der Waals surface area contributed by atoms with Crippen LogP contribution in [0.15, 0.2) is 84.9 Å². The zero-order valence-corrected chi connectivity index (χ0v) is 21.2. The first-order chi connectivity index (χ1) is 17.0. The Morgan fingerprint density at radius 2 is 1.51 bits per heavy atom. The van der Waals surface area contributed by atoms with Crippen LogP contribution in [-0.4, -0.2) is 53.1 Å². The summed E-state index contributed by atoms with van der Waals surface area (Å²) >= 11 is 5.61. The van der Waals surface area contributed by atoms with E-state index < -0.39 is 0 Å². The standard InChI is InChI=1S/C29H33N3O2S/c1-3-22(2)34-26-16-10-15-25(21-26)28(33)30-29(35)32-19-17-31(18-20-32)27(23-11-6-4-7-12-23)24-13-8-5-9-14-24/h4-16,21-22,27H,3,17-20H2,1-2H3,(H,30,33,35). The molecule has 3 aromatic carbocycles. The van der Waals surface area contributed by atoms with E-state index in [1.807, 2.05) is 19.1 Å². The number of nitrogens with one attached hydrogen (secondary N) is 1. The maximum absolute atomic E-state index is 12.9. The van der Waals surface area contributed by atoms with Gasteiger partial charge in [0.25, 0.3) is 5.91 Å². The largest absolute Gasteiger partial charge is 0.491 e. The Kier molecular flexibility index (Phi) is 8.50. The Morgan fingerprint density at radius 3 is 2.09 bits per heavy atom. The Hall–Kier alpha value is -3.22. The third-order valence-electron chi connectivity index (χ3n) is 6.43. The minimum absolute atomic E-state index is 0.0984. The number of carbonyl (C=O) groups excluding carboxylic acids is 1. The minimum Gasteiger partial charge on any atom is -0.491 e. The van der Waals surface area contributed by atoms with E-state index in [1.165, 1.54) is 11.1 Å². The van der Waals surface area contributed by atoms with Gasteiger partial charge >= 0.3 is 0 Å². The number of rotatable bonds is 7. The number of hydrogen-bond donors (Lipinski definition) is 1. The molecule has 5 nitrogen and oxygen atoms in total. The lowest BCUT2D eigenvalue weighted by molar-refractivity contribution is 0.0966. The van der Waals surface area contributed by atoms with Gasteiger partial charge < -0.3 is 9.64 Å². The van der Waals surface area contributed by atoms with Gasteiger partial charge in [-0.05, 0) is 54.9 Å². The second kappa shape index (κ2) is 12.0. The summed E-state index contributed by atoms with van der Waals surface area (Å²) in [6.45, 7) is 7.30. The van der Waals surface area contributed by atoms with Gasteiger partial charge in [-0.3, -0.25) is 15.0 Å². The molecule has 1 aliphatic heterocycles. The molecule has 6 heteroatoms. The molecule has 1 unspecified atom stereocenters. The number of hydrogen-bond acceptors (Lipinski definition) is 4. The molecule has 1 amide bonds. The molecule has 35 heavy (non-hydrogen) atoms. The zero-order chi connectivity index (χ0) is 24.6. The van der Waals surface area contributed by atoms with Crippen molar-refractivity contribution in [3.8, 4) is 5.75 Å². The van der Waals surface area contributed by atoms with Gasteiger partial charge in [0, 0.05) is 31.7 Å². The highest BCUT2D eigenvalue weighted by molar-refractivity contribution is 7.80. The summed E-state index contributed by atoms with van der Waals surface area (Å²) in [5, 5.41) is 3.38. The van der Waals surface area contributed by atoms with Crippen molar-refractivity contribution in [2.45, 2.75) is 32.4 Å². The van der Waals surface area contributed by atoms with Crippen LogP contribution in [0.1, 0.15) is 47.8 Å². The topological polar surface area (TPSA) is 44.8 Å². The molecule has 182 valence electrons. The summed E-state index contributed by atoms with van der Waals surface area (Å²) in [5.41, 5.74) is 3.10. The molecule has 1 atom stereocenters. The summed E-state index contributed by atoms with van der Waals surface area (Å²) in [5.74, 6) is 0.484. The van der Waals surface area contributed by atoms with Gasteiger partial charge in [0.05, 0.1) is 12.1 Å². The van der Waals surface area contributed by atoms with Crippen LogP contribution in [0.3, 0.4) is 0 Å². The average Bonchev–Trinajstić information content (AvgIpc) is 2.90. The Labute approximate surface area is 213 Å². The van der Waals surface area contributed by atoms with Crippen molar-refractivity contribution in [3.63, 3.8) is 0 Å². The number of benzene rings is 3. The lowest BCUT2D eigenvalue weighted by Crippen LogP contribution is -2.53. The van der Waals surface area contributed by atoms with Crippen molar-refractivity contribution in [1.29, 1.82) is 0 Å². The second-order valence-corrected chi connectivity index (χ2v) is 9.26. The maximum atomic E-state index is 12.9. The zero-order valence-electron chi connectivity index (χ0n) is 20.4. The van der Waals surface area contributed by atoms with E-state index in [2.05, 4.69) is 82.7 Å². The summed E-state index contributed by atoms with van der Waals surface area (Å²) in [7, 11) is 0. The molecule has 0 saturated carbocycles. The summed E-state index contributed by atoms with van der Waals surface area (Å²) in [4.78, 5) is 17.4. The molecule has 3 aromatic rings. The van der Waals surface area contributed by atoms with E-state index in [1.54, 1.807) is 12.1 Å². The highest BCUT2D eigenvalue weighted by Crippen LogP contribution is 2.29. The molecule has 1 saturated heterocycles. The van der Waals surface area contributed by atoms with Crippen LogP contribution in [0.25, 0.3) is 0 Å². The predicted octanol–water partition coefficient (Wildman–Crippen LogP) is 5.29. The van der Waals surface area contributed by atoms with Crippen LogP contribution in [-0.2, 0) is 0 Å². The van der Waals surface area contributed by atoms with Crippen molar-refractivity contribution in [3.05, 3.63) is 102 Å². The molecule has 4 rings (SSSR count). The summed E-state index contributed by atoms with van der Waals surface area (Å²) < 4.78 is 5.85. The average molecular weight is 488 g/mol. The van der Waals surface area contributed by atoms with Crippen LogP contribution in [0.5, 0.6) is 5.75 Å². The molecule has 1 N–H and O–H groups in total. The summed E-state index contributed by atoms with van der Waals surface area (Å²) in [6, 6.07) is 28.7. The molecule has 0 radical (unpaired) electrons. The van der Waals surface area contributed by atoms with Gasteiger partial charge in [-0.25, -0.2) is 0 Å². The van der Waals surface area contributed by atoms with Crippen LogP contribution in [0.4, 0.5) is 0 Å². The number of amides is 1. The van der Waals surface area contributed by atoms with Gasteiger partial charge in [-0.15, -0.1) is 0 Å². The maximum Gasteiger partial charge on any atom is 0.257 e. The monoisotopic (exact) mass is 487 g/mol. The minimum atomic E-state index is -0.210. The van der Waals surface area contributed by atoms with Crippen molar-refractivity contribution in [2.75, 3.05) is 26.2 Å². The fourth-order valence-corrected chi connectivity index (χ4v) is 4.62. The van der Waals surface area contributed by atoms with Crippen molar-refractivity contribution in [1.82, 2.24) is 15.1 Å². The van der Waals surface area contributed by atoms with Gasteiger partial charge in [0.1, 0.15) is 5.75 Å². The first-order valence-electron chi connectivity index (χ1n) is 12.3. The third-order valence-corrected chi connectivity index (χ3v) is 6.79. The lowest BCUT2D eigenvalue weighted by Gasteiger charge is -2.40. The van der Waals surface area contributed by atoms with Gasteiger partial charge in [-0.1, -0.05) is 73.7 Å². The van der Waals surface area contributed by atoms with Crippen molar-refractivity contribution in [2.24, 2.45) is 0 Å². The Bertz CT molecular complexity index is 1080. The van der Waals surface area contributed by atoms with E-state index in [0.29, 0.717) is 16.4 Å². The Balaban J connectivity index is 1.38. The normalized spacial score (nSPS) is 15.0. The van der Waals surface area contributed by atoms with E-state index in [-0.39, 0.29) is 18.1 Å². The fraction of sp³-hybridized carbons (Fsp3) is 0.310. The van der Waals surface area contributed by atoms with Gasteiger partial charge in [0.15, 0.2) is 5.11 Å². The van der Waals surface area contributed by atoms with E-state index in [4.69, 9.17) is 17.0 Å². The molecule has 1 fully saturated rings. The van der Waals surface area contributed by atoms with E-state index in [0.717, 1.165) is 32.6 Å². The van der Waals surface area contributed by atoms with Crippen LogP contribution in [0, 0.1) is 0 Å². The quantitative estimate of drug-likeness (QED) is 0.459. The molecular formula is C29H33N3O2S. The van der Waals surface area contributed by atoms with Crippen molar-refractivity contribution < 1.29 is 9.53 Å². The second-order valence-electron chi connectivity index (χ2n) is 8.87. The molecule has 0 bridgehead atoms. The number of nitrogens with zero attached hydrogens (tertiary/aromatic N) is 2. The number of ether oxygens (including phenoxy) is 1. The van der Waals surface area contributed by atoms with E-state index in [9.17, 15) is 4.79 Å². The molecule has 0 aliphatic carbocycles.